The normalized spacial score (nSPS) is 12.6. The third-order valence-corrected chi connectivity index (χ3v) is 3.46. The number of amides is 2. The Kier molecular flexibility index (Phi) is 5.12. The quantitative estimate of drug-likeness (QED) is 0.912. The number of carbonyl (C=O) groups is 2. The molecule has 0 bridgehead atoms. The molecule has 2 amide bonds. The summed E-state index contributed by atoms with van der Waals surface area (Å²) in [5.74, 6) is -0.0651. The van der Waals surface area contributed by atoms with Crippen molar-refractivity contribution in [3.8, 4) is 0 Å². The summed E-state index contributed by atoms with van der Waals surface area (Å²) in [7, 11) is 0. The summed E-state index contributed by atoms with van der Waals surface area (Å²) in [6, 6.07) is 9.19. The van der Waals surface area contributed by atoms with Gasteiger partial charge in [0.2, 0.25) is 5.91 Å². The lowest BCUT2D eigenvalue weighted by Crippen LogP contribution is -2.23. The Morgan fingerprint density at radius 1 is 1.18 bits per heavy atom. The fourth-order valence-corrected chi connectivity index (χ4v) is 2.33. The monoisotopic (exact) mass is 317 g/mol. The Bertz CT molecular complexity index is 689. The van der Waals surface area contributed by atoms with Crippen LogP contribution in [0.1, 0.15) is 27.9 Å². The third kappa shape index (κ3) is 3.62. The topological polar surface area (TPSA) is 71.1 Å². The summed E-state index contributed by atoms with van der Waals surface area (Å²) in [6.07, 6.45) is 4.44. The number of nitrogens with one attached hydrogen (secondary N) is 2. The zero-order valence-electron chi connectivity index (χ0n) is 11.8. The molecule has 0 fully saturated rings. The van der Waals surface area contributed by atoms with Crippen molar-refractivity contribution in [2.24, 2.45) is 0 Å². The van der Waals surface area contributed by atoms with Crippen LogP contribution >= 0.6 is 12.4 Å². The van der Waals surface area contributed by atoms with Crippen LogP contribution in [0, 0.1) is 0 Å². The van der Waals surface area contributed by atoms with Gasteiger partial charge in [-0.1, -0.05) is 12.1 Å². The van der Waals surface area contributed by atoms with Crippen LogP contribution in [-0.4, -0.2) is 16.8 Å². The van der Waals surface area contributed by atoms with Gasteiger partial charge in [0.05, 0.1) is 0 Å². The first-order valence-corrected chi connectivity index (χ1v) is 6.82. The van der Waals surface area contributed by atoms with Gasteiger partial charge in [-0.25, -0.2) is 0 Å². The highest BCUT2D eigenvalue weighted by atomic mass is 35.5. The van der Waals surface area contributed by atoms with E-state index in [1.54, 1.807) is 24.5 Å². The van der Waals surface area contributed by atoms with E-state index in [1.807, 2.05) is 18.2 Å². The Balaban J connectivity index is 0.00000176. The molecule has 0 atom stereocenters. The summed E-state index contributed by atoms with van der Waals surface area (Å²) < 4.78 is 0. The highest BCUT2D eigenvalue weighted by molar-refractivity contribution is 5.94. The van der Waals surface area contributed by atoms with Gasteiger partial charge in [0.25, 0.3) is 5.91 Å². The number of anilines is 1. The number of benzene rings is 1. The summed E-state index contributed by atoms with van der Waals surface area (Å²) in [6.45, 7) is 0.461. The zero-order valence-corrected chi connectivity index (χ0v) is 12.7. The minimum Gasteiger partial charge on any atom is -0.348 e. The number of hydrogen-bond acceptors (Lipinski definition) is 3. The molecule has 0 radical (unpaired) electrons. The minimum atomic E-state index is -0.122. The van der Waals surface area contributed by atoms with Crippen molar-refractivity contribution in [1.29, 1.82) is 0 Å². The van der Waals surface area contributed by atoms with Crippen LogP contribution in [0.15, 0.2) is 42.7 Å². The van der Waals surface area contributed by atoms with Crippen molar-refractivity contribution < 1.29 is 9.59 Å². The van der Waals surface area contributed by atoms with Crippen molar-refractivity contribution in [1.82, 2.24) is 10.3 Å². The van der Waals surface area contributed by atoms with Gasteiger partial charge < -0.3 is 10.6 Å². The molecule has 2 heterocycles. The third-order valence-electron chi connectivity index (χ3n) is 3.46. The zero-order chi connectivity index (χ0) is 14.7. The van der Waals surface area contributed by atoms with Gasteiger partial charge in [-0.2, -0.15) is 0 Å². The smallest absolute Gasteiger partial charge is 0.251 e. The number of halogens is 1. The van der Waals surface area contributed by atoms with Gasteiger partial charge in [-0.15, -0.1) is 12.4 Å². The van der Waals surface area contributed by atoms with E-state index in [2.05, 4.69) is 15.6 Å². The van der Waals surface area contributed by atoms with Crippen molar-refractivity contribution in [2.75, 3.05) is 5.32 Å². The number of aromatic nitrogens is 1. The van der Waals surface area contributed by atoms with E-state index in [4.69, 9.17) is 0 Å². The maximum atomic E-state index is 12.0. The Hall–Kier alpha value is -2.40. The van der Waals surface area contributed by atoms with Crippen molar-refractivity contribution >= 4 is 29.9 Å². The fraction of sp³-hybridized carbons (Fsp3) is 0.188. The average Bonchev–Trinajstić information content (AvgIpc) is 2.53. The Labute approximate surface area is 134 Å². The second kappa shape index (κ2) is 7.04. The van der Waals surface area contributed by atoms with Crippen LogP contribution in [-0.2, 0) is 17.8 Å². The summed E-state index contributed by atoms with van der Waals surface area (Å²) in [4.78, 5) is 27.1. The average molecular weight is 318 g/mol. The number of fused-ring (bicyclic) bond motifs is 1. The molecule has 2 N–H and O–H groups in total. The van der Waals surface area contributed by atoms with Crippen LogP contribution in [0.2, 0.25) is 0 Å². The molecule has 1 aliphatic rings. The molecular weight excluding hydrogens is 302 g/mol. The molecule has 3 rings (SSSR count). The number of carbonyl (C=O) groups excluding carboxylic acids is 2. The predicted octanol–water partition coefficient (Wildman–Crippen LogP) is 2.32. The molecule has 5 nitrogen and oxygen atoms in total. The summed E-state index contributed by atoms with van der Waals surface area (Å²) in [5, 5.41) is 5.72. The van der Waals surface area contributed by atoms with E-state index in [1.165, 1.54) is 0 Å². The lowest BCUT2D eigenvalue weighted by Gasteiger charge is -2.17. The standard InChI is InChI=1S/C16H15N3O2.ClH/c20-15-4-2-13-9-11(1-3-14(13)19-15)10-18-16(21)12-5-7-17-8-6-12;/h1,3,5-9H,2,4,10H2,(H,18,21)(H,19,20);1H. The molecule has 0 unspecified atom stereocenters. The van der Waals surface area contributed by atoms with Crippen molar-refractivity contribution in [3.05, 3.63) is 59.4 Å². The molecule has 0 spiro atoms. The van der Waals surface area contributed by atoms with Crippen LogP contribution < -0.4 is 10.6 Å². The lowest BCUT2D eigenvalue weighted by atomic mass is 10.0. The molecule has 22 heavy (non-hydrogen) atoms. The number of nitrogens with zero attached hydrogens (tertiary/aromatic N) is 1. The first-order valence-electron chi connectivity index (χ1n) is 6.82. The maximum absolute atomic E-state index is 12.0. The number of pyridine rings is 1. The fourth-order valence-electron chi connectivity index (χ4n) is 2.33. The Morgan fingerprint density at radius 2 is 1.95 bits per heavy atom. The molecule has 6 heteroatoms. The van der Waals surface area contributed by atoms with Gasteiger partial charge >= 0.3 is 0 Å². The molecule has 1 aliphatic heterocycles. The van der Waals surface area contributed by atoms with Gasteiger partial charge in [0, 0.05) is 36.6 Å². The van der Waals surface area contributed by atoms with Crippen LogP contribution in [0.25, 0.3) is 0 Å². The van der Waals surface area contributed by atoms with E-state index >= 15 is 0 Å². The molecular formula is C16H16ClN3O2. The minimum absolute atomic E-state index is 0. The maximum Gasteiger partial charge on any atom is 0.251 e. The van der Waals surface area contributed by atoms with Crippen LogP contribution in [0.5, 0.6) is 0 Å². The first kappa shape index (κ1) is 16.0. The first-order chi connectivity index (χ1) is 10.2. The van der Waals surface area contributed by atoms with Gasteiger partial charge in [-0.3, -0.25) is 14.6 Å². The van der Waals surface area contributed by atoms with Crippen molar-refractivity contribution in [2.45, 2.75) is 19.4 Å². The second-order valence-electron chi connectivity index (χ2n) is 4.96. The highest BCUT2D eigenvalue weighted by Crippen LogP contribution is 2.23. The predicted molar refractivity (Wildman–Crippen MR) is 86.0 cm³/mol. The highest BCUT2D eigenvalue weighted by Gasteiger charge is 2.14. The molecule has 2 aromatic rings. The van der Waals surface area contributed by atoms with E-state index < -0.39 is 0 Å². The Morgan fingerprint density at radius 3 is 2.73 bits per heavy atom. The van der Waals surface area contributed by atoms with Crippen molar-refractivity contribution in [3.63, 3.8) is 0 Å². The number of hydrogen-bond donors (Lipinski definition) is 2. The van der Waals surface area contributed by atoms with Gasteiger partial charge in [0.1, 0.15) is 0 Å². The molecule has 0 aliphatic carbocycles. The van der Waals surface area contributed by atoms with Gasteiger partial charge in [0.15, 0.2) is 0 Å². The van der Waals surface area contributed by atoms with E-state index in [9.17, 15) is 9.59 Å². The molecule has 1 aromatic heterocycles. The van der Waals surface area contributed by atoms with Gasteiger partial charge in [-0.05, 0) is 35.7 Å². The molecule has 1 aromatic carbocycles. The largest absolute Gasteiger partial charge is 0.348 e. The van der Waals surface area contributed by atoms with E-state index in [0.29, 0.717) is 18.5 Å². The molecule has 0 saturated heterocycles. The lowest BCUT2D eigenvalue weighted by molar-refractivity contribution is -0.116. The summed E-state index contributed by atoms with van der Waals surface area (Å²) in [5.41, 5.74) is 3.60. The van der Waals surface area contributed by atoms with Crippen LogP contribution in [0.4, 0.5) is 5.69 Å². The van der Waals surface area contributed by atoms with Crippen LogP contribution in [0.3, 0.4) is 0 Å². The summed E-state index contributed by atoms with van der Waals surface area (Å²) >= 11 is 0. The molecule has 0 saturated carbocycles. The van der Waals surface area contributed by atoms with E-state index in [-0.39, 0.29) is 24.2 Å². The molecule has 114 valence electrons. The second-order valence-corrected chi connectivity index (χ2v) is 4.96. The number of aryl methyl sites for hydroxylation is 1. The SMILES string of the molecule is Cl.O=C1CCc2cc(CNC(=O)c3ccncc3)ccc2N1. The number of rotatable bonds is 3. The van der Waals surface area contributed by atoms with E-state index in [0.717, 1.165) is 23.2 Å².